The number of hydrogen-bond acceptors (Lipinski definition) is 10. The molecule has 0 bridgehead atoms. The first kappa shape index (κ1) is 34.3. The first-order valence-electron chi connectivity index (χ1n) is 18.5. The van der Waals surface area contributed by atoms with E-state index >= 15 is 0 Å². The van der Waals surface area contributed by atoms with Crippen molar-refractivity contribution in [3.8, 4) is 23.2 Å². The minimum Gasteiger partial charge on any atom is -0.354 e. The molecule has 7 heterocycles. The molecule has 2 unspecified atom stereocenters. The van der Waals surface area contributed by atoms with E-state index in [4.69, 9.17) is 10.1 Å². The SMILES string of the molecule is O=C1CCC(N2C(=O)c3ccc(C#CCN4CCN(c5cccc(-c6cnc7ccc(N8CCCC8c8cccc(F)c8)nn67)n5)CC4)cc3C2=O)C(=O)N1. The molecule has 4 amide bonds. The van der Waals surface area contributed by atoms with E-state index in [0.717, 1.165) is 84.7 Å². The van der Waals surface area contributed by atoms with Crippen molar-refractivity contribution in [1.29, 1.82) is 0 Å². The summed E-state index contributed by atoms with van der Waals surface area (Å²) in [5, 5.41) is 7.22. The molecule has 3 fully saturated rings. The molecule has 5 aromatic rings. The van der Waals surface area contributed by atoms with E-state index in [2.05, 4.69) is 36.8 Å². The van der Waals surface area contributed by atoms with Gasteiger partial charge < -0.3 is 9.80 Å². The van der Waals surface area contributed by atoms with Crippen molar-refractivity contribution in [2.75, 3.05) is 49.1 Å². The number of carbonyl (C=O) groups excluding carboxylic acids is 4. The third kappa shape index (κ3) is 6.46. The summed E-state index contributed by atoms with van der Waals surface area (Å²) in [7, 11) is 0. The topological polar surface area (TPSA) is 136 Å². The standard InChI is InChI=1S/C41H36FN9O4/c42-28-7-1-6-27(24-28)32-9-4-18-49(32)37-15-14-35-43-25-34(51(35)46-37)31-8-2-10-36(44-31)48-21-19-47(20-22-48)17-3-5-26-11-12-29-30(23-26)41(55)50(40(29)54)33-13-16-38(52)45-39(33)53/h1-2,6-8,10-12,14-15,23-25,32-33H,4,9,13,16-22H2,(H,45,52,53). The maximum atomic E-state index is 14.1. The molecule has 2 atom stereocenters. The van der Waals surface area contributed by atoms with Crippen molar-refractivity contribution in [1.82, 2.24) is 34.7 Å². The van der Waals surface area contributed by atoms with Crippen LogP contribution in [0.15, 0.2) is 79.0 Å². The van der Waals surface area contributed by atoms with E-state index in [1.165, 1.54) is 6.07 Å². The predicted octanol–water partition coefficient (Wildman–Crippen LogP) is 3.85. The summed E-state index contributed by atoms with van der Waals surface area (Å²) >= 11 is 0. The number of nitrogens with zero attached hydrogens (tertiary/aromatic N) is 8. The van der Waals surface area contributed by atoms with Crippen LogP contribution in [0.4, 0.5) is 16.0 Å². The third-order valence-electron chi connectivity index (χ3n) is 10.8. The number of hydrogen-bond donors (Lipinski definition) is 1. The van der Waals surface area contributed by atoms with Crippen molar-refractivity contribution in [2.45, 2.75) is 37.8 Å². The zero-order valence-corrected chi connectivity index (χ0v) is 29.8. The average Bonchev–Trinajstić information content (AvgIpc) is 3.92. The van der Waals surface area contributed by atoms with E-state index in [1.54, 1.807) is 36.5 Å². The maximum absolute atomic E-state index is 14.1. The molecule has 9 rings (SSSR count). The Balaban J connectivity index is 0.843. The van der Waals surface area contributed by atoms with Gasteiger partial charge in [0.2, 0.25) is 11.8 Å². The van der Waals surface area contributed by atoms with Gasteiger partial charge in [-0.25, -0.2) is 18.9 Å². The molecule has 14 heteroatoms. The molecule has 0 saturated carbocycles. The highest BCUT2D eigenvalue weighted by atomic mass is 19.1. The minimum atomic E-state index is -1.00. The number of pyridine rings is 1. The Morgan fingerprint density at radius 3 is 2.49 bits per heavy atom. The second-order valence-corrected chi connectivity index (χ2v) is 14.2. The number of benzene rings is 2. The molecule has 0 aliphatic carbocycles. The lowest BCUT2D eigenvalue weighted by molar-refractivity contribution is -0.136. The Labute approximate surface area is 315 Å². The van der Waals surface area contributed by atoms with Gasteiger partial charge in [-0.15, -0.1) is 5.10 Å². The lowest BCUT2D eigenvalue weighted by Crippen LogP contribution is -2.54. The van der Waals surface area contributed by atoms with Gasteiger partial charge in [0, 0.05) is 44.7 Å². The van der Waals surface area contributed by atoms with Crippen LogP contribution in [0.25, 0.3) is 17.0 Å². The first-order valence-corrected chi connectivity index (χ1v) is 18.5. The number of anilines is 2. The number of halogens is 1. The van der Waals surface area contributed by atoms with Crippen molar-refractivity contribution in [3.05, 3.63) is 107 Å². The van der Waals surface area contributed by atoms with Crippen LogP contribution >= 0.6 is 0 Å². The van der Waals surface area contributed by atoms with Gasteiger partial charge in [0.15, 0.2) is 5.65 Å². The minimum absolute atomic E-state index is 0.0512. The van der Waals surface area contributed by atoms with Gasteiger partial charge in [0.25, 0.3) is 11.8 Å². The highest BCUT2D eigenvalue weighted by molar-refractivity contribution is 6.23. The Morgan fingerprint density at radius 1 is 0.818 bits per heavy atom. The molecule has 0 spiro atoms. The second-order valence-electron chi connectivity index (χ2n) is 14.2. The number of piperidine rings is 1. The normalized spacial score (nSPS) is 20.2. The predicted molar refractivity (Wildman–Crippen MR) is 201 cm³/mol. The molecule has 55 heavy (non-hydrogen) atoms. The monoisotopic (exact) mass is 737 g/mol. The number of imide groups is 2. The van der Waals surface area contributed by atoms with Gasteiger partial charge in [-0.3, -0.25) is 34.3 Å². The fourth-order valence-corrected chi connectivity index (χ4v) is 7.97. The molecule has 3 saturated heterocycles. The van der Waals surface area contributed by atoms with Gasteiger partial charge in [-0.05, 0) is 79.4 Å². The van der Waals surface area contributed by atoms with E-state index in [1.807, 2.05) is 40.9 Å². The van der Waals surface area contributed by atoms with Crippen LogP contribution in [0, 0.1) is 17.7 Å². The fraction of sp³-hybridized carbons (Fsp3) is 0.293. The van der Waals surface area contributed by atoms with Crippen LogP contribution in [0.5, 0.6) is 0 Å². The highest BCUT2D eigenvalue weighted by Crippen LogP contribution is 2.36. The number of rotatable bonds is 6. The van der Waals surface area contributed by atoms with E-state index in [9.17, 15) is 23.6 Å². The highest BCUT2D eigenvalue weighted by Gasteiger charge is 2.44. The summed E-state index contributed by atoms with van der Waals surface area (Å²) in [6, 6.07) is 20.7. The van der Waals surface area contributed by atoms with Crippen molar-refractivity contribution in [2.24, 2.45) is 0 Å². The van der Waals surface area contributed by atoms with Crippen LogP contribution < -0.4 is 15.1 Å². The maximum Gasteiger partial charge on any atom is 0.262 e. The van der Waals surface area contributed by atoms with Gasteiger partial charge in [0.05, 0.1) is 35.6 Å². The number of imidazole rings is 1. The van der Waals surface area contributed by atoms with Gasteiger partial charge >= 0.3 is 0 Å². The Bertz CT molecular complexity index is 2450. The van der Waals surface area contributed by atoms with Crippen LogP contribution in [-0.4, -0.2) is 98.3 Å². The van der Waals surface area contributed by atoms with E-state index in [-0.39, 0.29) is 35.8 Å². The summed E-state index contributed by atoms with van der Waals surface area (Å²) in [5.74, 6) is 5.64. The van der Waals surface area contributed by atoms with Crippen LogP contribution in [0.2, 0.25) is 0 Å². The lowest BCUT2D eigenvalue weighted by Gasteiger charge is -2.34. The van der Waals surface area contributed by atoms with Crippen LogP contribution in [0.1, 0.15) is 63.6 Å². The number of amides is 4. The lowest BCUT2D eigenvalue weighted by atomic mass is 10.0. The molecule has 4 aliphatic rings. The number of fused-ring (bicyclic) bond motifs is 2. The molecule has 4 aliphatic heterocycles. The van der Waals surface area contributed by atoms with Crippen molar-refractivity contribution < 1.29 is 23.6 Å². The number of piperazine rings is 1. The molecule has 276 valence electrons. The summed E-state index contributed by atoms with van der Waals surface area (Å²) < 4.78 is 15.9. The van der Waals surface area contributed by atoms with Crippen molar-refractivity contribution in [3.63, 3.8) is 0 Å². The Morgan fingerprint density at radius 2 is 1.65 bits per heavy atom. The zero-order valence-electron chi connectivity index (χ0n) is 29.8. The van der Waals surface area contributed by atoms with E-state index in [0.29, 0.717) is 12.1 Å². The van der Waals surface area contributed by atoms with E-state index < -0.39 is 29.7 Å². The molecular formula is C41H36FN9O4. The summed E-state index contributed by atoms with van der Waals surface area (Å²) in [6.07, 6.45) is 3.90. The number of nitrogens with one attached hydrogen (secondary N) is 1. The van der Waals surface area contributed by atoms with Crippen LogP contribution in [-0.2, 0) is 9.59 Å². The average molecular weight is 738 g/mol. The Kier molecular flexibility index (Phi) is 8.78. The molecule has 1 N–H and O–H groups in total. The third-order valence-corrected chi connectivity index (χ3v) is 10.8. The number of carbonyl (C=O) groups is 4. The Hall–Kier alpha value is -6.46. The molecule has 13 nitrogen and oxygen atoms in total. The molecule has 0 radical (unpaired) electrons. The van der Waals surface area contributed by atoms with Gasteiger partial charge in [-0.1, -0.05) is 30.0 Å². The molecular weight excluding hydrogens is 702 g/mol. The summed E-state index contributed by atoms with van der Waals surface area (Å²) in [5.41, 5.74) is 4.27. The fourth-order valence-electron chi connectivity index (χ4n) is 7.97. The second kappa shape index (κ2) is 14.1. The molecule has 3 aromatic heterocycles. The van der Waals surface area contributed by atoms with Crippen LogP contribution in [0.3, 0.4) is 0 Å². The van der Waals surface area contributed by atoms with Gasteiger partial charge in [0.1, 0.15) is 29.2 Å². The summed E-state index contributed by atoms with van der Waals surface area (Å²) in [6.45, 7) is 4.44. The largest absolute Gasteiger partial charge is 0.354 e. The van der Waals surface area contributed by atoms with Crippen molar-refractivity contribution >= 4 is 40.9 Å². The number of aromatic nitrogens is 4. The quantitative estimate of drug-likeness (QED) is 0.202. The van der Waals surface area contributed by atoms with Gasteiger partial charge in [-0.2, -0.15) is 0 Å². The first-order chi connectivity index (χ1) is 26.8. The zero-order chi connectivity index (χ0) is 37.6. The molecule has 2 aromatic carbocycles. The smallest absolute Gasteiger partial charge is 0.262 e. The summed E-state index contributed by atoms with van der Waals surface area (Å²) in [4.78, 5) is 67.5.